The van der Waals surface area contributed by atoms with Gasteiger partial charge < -0.3 is 24.8 Å². The van der Waals surface area contributed by atoms with Crippen LogP contribution in [0.3, 0.4) is 0 Å². The molecule has 2 N–H and O–H groups in total. The molecule has 35 heavy (non-hydrogen) atoms. The number of nitrogens with one attached hydrogen (secondary N) is 1. The minimum Gasteiger partial charge on any atom is -0.479 e. The number of benzene rings is 2. The van der Waals surface area contributed by atoms with Crippen LogP contribution in [0.5, 0.6) is 0 Å². The van der Waals surface area contributed by atoms with Crippen molar-refractivity contribution in [2.24, 2.45) is 5.92 Å². The van der Waals surface area contributed by atoms with E-state index in [9.17, 15) is 19.5 Å². The summed E-state index contributed by atoms with van der Waals surface area (Å²) in [5, 5.41) is 12.6. The predicted octanol–water partition coefficient (Wildman–Crippen LogP) is 3.15. The van der Waals surface area contributed by atoms with E-state index in [1.54, 1.807) is 0 Å². The lowest BCUT2D eigenvalue weighted by Crippen LogP contribution is -2.57. The zero-order chi connectivity index (χ0) is 24.2. The summed E-state index contributed by atoms with van der Waals surface area (Å²) in [6.45, 7) is 0.906. The number of likely N-dealkylation sites (tertiary alicyclic amines) is 1. The van der Waals surface area contributed by atoms with Crippen molar-refractivity contribution >= 4 is 18.0 Å². The number of carbonyl (C=O) groups excluding carboxylic acids is 2. The highest BCUT2D eigenvalue weighted by Gasteiger charge is 2.67. The Balaban J connectivity index is 1.12. The fourth-order valence-corrected chi connectivity index (χ4v) is 6.29. The molecule has 2 aromatic carbocycles. The Hall–Kier alpha value is -3.39. The molecule has 2 aromatic rings. The number of amides is 2. The smallest absolute Gasteiger partial charge is 0.407 e. The number of aliphatic carboxylic acids is 1. The fourth-order valence-electron chi connectivity index (χ4n) is 6.29. The Morgan fingerprint density at radius 2 is 1.74 bits per heavy atom. The van der Waals surface area contributed by atoms with Crippen molar-refractivity contribution in [3.8, 4) is 11.1 Å². The second kappa shape index (κ2) is 8.37. The van der Waals surface area contributed by atoms with Gasteiger partial charge in [-0.1, -0.05) is 48.5 Å². The van der Waals surface area contributed by atoms with E-state index >= 15 is 0 Å². The lowest BCUT2D eigenvalue weighted by molar-refractivity contribution is -0.159. The molecule has 6 rings (SSSR count). The molecule has 2 aliphatic carbocycles. The minimum absolute atomic E-state index is 0.00708. The summed E-state index contributed by atoms with van der Waals surface area (Å²) in [6, 6.07) is 15.7. The minimum atomic E-state index is -1.10. The van der Waals surface area contributed by atoms with Crippen LogP contribution in [0, 0.1) is 5.92 Å². The number of carbonyl (C=O) groups is 3. The summed E-state index contributed by atoms with van der Waals surface area (Å²) < 4.78 is 11.3. The molecule has 0 aromatic heterocycles. The standard InChI is InChI=1S/C27H28N2O6/c30-24(29-12-5-6-16-14-27(16,29)25(31)32)23-22(11-13-34-23)28-26(33)35-15-21-19-9-3-1-7-17(19)18-8-2-4-10-20(18)21/h1-4,7-10,16,21-23H,5-6,11-15H2,(H,28,33)(H,31,32)/t16?,22-,23+,27?/m0/s1. The van der Waals surface area contributed by atoms with E-state index < -0.39 is 29.7 Å². The molecule has 4 aliphatic rings. The quantitative estimate of drug-likeness (QED) is 0.687. The molecule has 0 spiro atoms. The first kappa shape index (κ1) is 22.1. The van der Waals surface area contributed by atoms with Crippen molar-refractivity contribution < 1.29 is 29.0 Å². The third kappa shape index (κ3) is 3.50. The SMILES string of the molecule is O=C(N[C@H]1CCO[C@H]1C(=O)N1CCCC2CC21C(=O)O)OCC1c2ccccc2-c2ccccc21. The first-order valence-corrected chi connectivity index (χ1v) is 12.3. The second-order valence-corrected chi connectivity index (χ2v) is 9.92. The average Bonchev–Trinajstić information content (AvgIpc) is 3.34. The molecule has 2 heterocycles. The Morgan fingerprint density at radius 3 is 2.43 bits per heavy atom. The van der Waals surface area contributed by atoms with Crippen LogP contribution in [0.1, 0.15) is 42.7 Å². The molecule has 2 saturated heterocycles. The van der Waals surface area contributed by atoms with Crippen molar-refractivity contribution in [3.05, 3.63) is 59.7 Å². The molecule has 2 unspecified atom stereocenters. The third-order valence-corrected chi connectivity index (χ3v) is 8.11. The van der Waals surface area contributed by atoms with Gasteiger partial charge in [-0.3, -0.25) is 4.79 Å². The first-order valence-electron chi connectivity index (χ1n) is 12.3. The van der Waals surface area contributed by atoms with Crippen LogP contribution < -0.4 is 5.32 Å². The average molecular weight is 477 g/mol. The molecule has 2 amide bonds. The van der Waals surface area contributed by atoms with Gasteiger partial charge in [0.15, 0.2) is 6.10 Å². The lowest BCUT2D eigenvalue weighted by Gasteiger charge is -2.36. The van der Waals surface area contributed by atoms with Gasteiger partial charge in [-0.2, -0.15) is 0 Å². The van der Waals surface area contributed by atoms with E-state index in [1.807, 2.05) is 24.3 Å². The van der Waals surface area contributed by atoms with Gasteiger partial charge in [0.1, 0.15) is 12.1 Å². The van der Waals surface area contributed by atoms with E-state index in [0.717, 1.165) is 35.1 Å². The molecular weight excluding hydrogens is 448 g/mol. The highest BCUT2D eigenvalue weighted by Crippen LogP contribution is 2.54. The van der Waals surface area contributed by atoms with E-state index in [2.05, 4.69) is 29.6 Å². The van der Waals surface area contributed by atoms with Crippen molar-refractivity contribution in [1.82, 2.24) is 10.2 Å². The normalized spacial score (nSPS) is 28.6. The topological polar surface area (TPSA) is 105 Å². The van der Waals surface area contributed by atoms with Gasteiger partial charge in [0, 0.05) is 19.1 Å². The second-order valence-electron chi connectivity index (χ2n) is 9.92. The monoisotopic (exact) mass is 476 g/mol. The van der Waals surface area contributed by atoms with Crippen LogP contribution in [0.25, 0.3) is 11.1 Å². The van der Waals surface area contributed by atoms with E-state index in [4.69, 9.17) is 9.47 Å². The third-order valence-electron chi connectivity index (χ3n) is 8.11. The maximum atomic E-state index is 13.3. The summed E-state index contributed by atoms with van der Waals surface area (Å²) in [6.07, 6.45) is 1.07. The Labute approximate surface area is 203 Å². The molecule has 4 atom stereocenters. The number of alkyl carbamates (subject to hydrolysis) is 1. The molecule has 3 fully saturated rings. The number of piperidine rings is 1. The highest BCUT2D eigenvalue weighted by molar-refractivity contribution is 5.93. The number of rotatable bonds is 5. The van der Waals surface area contributed by atoms with Crippen molar-refractivity contribution in [3.63, 3.8) is 0 Å². The van der Waals surface area contributed by atoms with Gasteiger partial charge in [0.2, 0.25) is 0 Å². The van der Waals surface area contributed by atoms with Gasteiger partial charge in [0.25, 0.3) is 5.91 Å². The maximum Gasteiger partial charge on any atom is 0.407 e. The zero-order valence-electron chi connectivity index (χ0n) is 19.3. The number of carboxylic acids is 1. The number of hydrogen-bond acceptors (Lipinski definition) is 5. The van der Waals surface area contributed by atoms with E-state index in [0.29, 0.717) is 26.0 Å². The lowest BCUT2D eigenvalue weighted by atomic mass is 9.98. The number of fused-ring (bicyclic) bond motifs is 4. The van der Waals surface area contributed by atoms with Crippen LogP contribution in [0.15, 0.2) is 48.5 Å². The Kier molecular flexibility index (Phi) is 5.29. The fraction of sp³-hybridized carbons (Fsp3) is 0.444. The largest absolute Gasteiger partial charge is 0.479 e. The molecule has 1 saturated carbocycles. The zero-order valence-corrected chi connectivity index (χ0v) is 19.3. The summed E-state index contributed by atoms with van der Waals surface area (Å²) in [5.74, 6) is -1.35. The first-order chi connectivity index (χ1) is 17.0. The summed E-state index contributed by atoms with van der Waals surface area (Å²) in [5.41, 5.74) is 3.46. The van der Waals surface area contributed by atoms with Crippen LogP contribution in [-0.4, -0.2) is 65.4 Å². The Morgan fingerprint density at radius 1 is 1.06 bits per heavy atom. The molecule has 0 radical (unpaired) electrons. The van der Waals surface area contributed by atoms with Crippen molar-refractivity contribution in [2.75, 3.05) is 19.8 Å². The highest BCUT2D eigenvalue weighted by atomic mass is 16.6. The Bertz CT molecular complexity index is 1150. The number of ether oxygens (including phenoxy) is 2. The summed E-state index contributed by atoms with van der Waals surface area (Å²) in [7, 11) is 0. The van der Waals surface area contributed by atoms with E-state index in [-0.39, 0.29) is 24.3 Å². The van der Waals surface area contributed by atoms with E-state index in [1.165, 1.54) is 4.90 Å². The molecule has 8 nitrogen and oxygen atoms in total. The number of hydrogen-bond donors (Lipinski definition) is 2. The van der Waals surface area contributed by atoms with Gasteiger partial charge in [-0.15, -0.1) is 0 Å². The molecular formula is C27H28N2O6. The van der Waals surface area contributed by atoms with Crippen LogP contribution in [0.2, 0.25) is 0 Å². The molecule has 2 aliphatic heterocycles. The van der Waals surface area contributed by atoms with Gasteiger partial charge in [-0.05, 0) is 53.9 Å². The van der Waals surface area contributed by atoms with Crippen molar-refractivity contribution in [2.45, 2.75) is 49.3 Å². The maximum absolute atomic E-state index is 13.3. The molecule has 0 bridgehead atoms. The van der Waals surface area contributed by atoms with Gasteiger partial charge in [-0.25, -0.2) is 9.59 Å². The molecule has 182 valence electrons. The van der Waals surface area contributed by atoms with Crippen LogP contribution >= 0.6 is 0 Å². The van der Waals surface area contributed by atoms with Gasteiger partial charge >= 0.3 is 12.1 Å². The van der Waals surface area contributed by atoms with Gasteiger partial charge in [0.05, 0.1) is 6.04 Å². The summed E-state index contributed by atoms with van der Waals surface area (Å²) >= 11 is 0. The predicted molar refractivity (Wildman–Crippen MR) is 126 cm³/mol. The molecule has 8 heteroatoms. The van der Waals surface area contributed by atoms with Crippen molar-refractivity contribution in [1.29, 1.82) is 0 Å². The van der Waals surface area contributed by atoms with Crippen LogP contribution in [-0.2, 0) is 19.1 Å². The number of nitrogens with zero attached hydrogens (tertiary/aromatic N) is 1. The number of carboxylic acid groups (broad SMARTS) is 1. The van der Waals surface area contributed by atoms with Crippen LogP contribution in [0.4, 0.5) is 4.79 Å². The summed E-state index contributed by atoms with van der Waals surface area (Å²) in [4.78, 5) is 39.5.